The fourth-order valence-electron chi connectivity index (χ4n) is 2.77. The number of hydrogen-bond donors (Lipinski definition) is 0. The smallest absolute Gasteiger partial charge is 0.243 e. The molecule has 0 aliphatic carbocycles. The van der Waals surface area contributed by atoms with Gasteiger partial charge in [0.15, 0.2) is 5.12 Å². The van der Waals surface area contributed by atoms with E-state index < -0.39 is 5.25 Å². The Kier molecular flexibility index (Phi) is 6.34. The second-order valence-corrected chi connectivity index (χ2v) is 8.45. The summed E-state index contributed by atoms with van der Waals surface area (Å²) < 4.78 is 6.75. The maximum Gasteiger partial charge on any atom is 0.243 e. The van der Waals surface area contributed by atoms with E-state index in [1.165, 1.54) is 11.8 Å². The average Bonchev–Trinajstić information content (AvgIpc) is 2.64. The number of piperidine rings is 1. The van der Waals surface area contributed by atoms with Gasteiger partial charge in [-0.05, 0) is 48.4 Å². The molecule has 1 heterocycles. The summed E-state index contributed by atoms with van der Waals surface area (Å²) in [6.45, 7) is 1.63. The SMILES string of the molecule is CC(=O)SC1CCC(=O)N(Cc2ccc(Oc3ccc(Br)cc3)cc2)C1=O. The van der Waals surface area contributed by atoms with Crippen LogP contribution in [-0.2, 0) is 20.9 Å². The van der Waals surface area contributed by atoms with E-state index in [4.69, 9.17) is 4.74 Å². The van der Waals surface area contributed by atoms with E-state index in [0.717, 1.165) is 27.5 Å². The molecule has 1 atom stereocenters. The normalized spacial score (nSPS) is 17.1. The van der Waals surface area contributed by atoms with Crippen molar-refractivity contribution in [3.63, 3.8) is 0 Å². The first kappa shape index (κ1) is 19.6. The molecule has 27 heavy (non-hydrogen) atoms. The number of amides is 2. The van der Waals surface area contributed by atoms with Gasteiger partial charge < -0.3 is 4.74 Å². The van der Waals surface area contributed by atoms with Crippen LogP contribution < -0.4 is 4.74 Å². The van der Waals surface area contributed by atoms with Gasteiger partial charge in [0.1, 0.15) is 11.5 Å². The second-order valence-electron chi connectivity index (χ2n) is 6.15. The first-order valence-electron chi connectivity index (χ1n) is 8.46. The van der Waals surface area contributed by atoms with Crippen LogP contribution in [0.3, 0.4) is 0 Å². The summed E-state index contributed by atoms with van der Waals surface area (Å²) in [5, 5.41) is -0.586. The second kappa shape index (κ2) is 8.71. The molecule has 140 valence electrons. The molecule has 1 fully saturated rings. The molecular formula is C20H18BrNO4S. The maximum atomic E-state index is 12.5. The third kappa shape index (κ3) is 5.20. The van der Waals surface area contributed by atoms with Crippen molar-refractivity contribution in [1.82, 2.24) is 4.90 Å². The quantitative estimate of drug-likeness (QED) is 0.629. The number of halogens is 1. The minimum Gasteiger partial charge on any atom is -0.457 e. The van der Waals surface area contributed by atoms with E-state index in [-0.39, 0.29) is 29.9 Å². The van der Waals surface area contributed by atoms with Crippen LogP contribution in [0.15, 0.2) is 53.0 Å². The zero-order valence-electron chi connectivity index (χ0n) is 14.7. The standard InChI is InChI=1S/C20H18BrNO4S/c1-13(23)27-18-10-11-19(24)22(20(18)25)12-14-2-6-16(7-3-14)26-17-8-4-15(21)5-9-17/h2-9,18H,10-12H2,1H3. The van der Waals surface area contributed by atoms with Crippen molar-refractivity contribution < 1.29 is 19.1 Å². The molecule has 0 saturated carbocycles. The number of nitrogens with zero attached hydrogens (tertiary/aromatic N) is 1. The molecule has 2 amide bonds. The van der Waals surface area contributed by atoms with Crippen LogP contribution >= 0.6 is 27.7 Å². The molecule has 0 bridgehead atoms. The van der Waals surface area contributed by atoms with Gasteiger partial charge >= 0.3 is 0 Å². The summed E-state index contributed by atoms with van der Waals surface area (Å²) in [5.74, 6) is 0.899. The summed E-state index contributed by atoms with van der Waals surface area (Å²) in [7, 11) is 0. The molecule has 1 unspecified atom stereocenters. The lowest BCUT2D eigenvalue weighted by atomic mass is 10.1. The van der Waals surface area contributed by atoms with Crippen LogP contribution in [0.25, 0.3) is 0 Å². The number of benzene rings is 2. The molecule has 5 nitrogen and oxygen atoms in total. The fourth-order valence-corrected chi connectivity index (χ4v) is 3.90. The van der Waals surface area contributed by atoms with Crippen molar-refractivity contribution in [3.05, 3.63) is 58.6 Å². The van der Waals surface area contributed by atoms with Crippen LogP contribution in [0.1, 0.15) is 25.3 Å². The molecule has 2 aromatic carbocycles. The first-order valence-corrected chi connectivity index (χ1v) is 10.1. The van der Waals surface area contributed by atoms with Crippen molar-refractivity contribution in [2.45, 2.75) is 31.6 Å². The highest BCUT2D eigenvalue weighted by atomic mass is 79.9. The first-order chi connectivity index (χ1) is 12.9. The number of hydrogen-bond acceptors (Lipinski definition) is 5. The summed E-state index contributed by atoms with van der Waals surface area (Å²) in [6, 6.07) is 14.8. The molecule has 1 aliphatic heterocycles. The monoisotopic (exact) mass is 447 g/mol. The summed E-state index contributed by atoms with van der Waals surface area (Å²) in [4.78, 5) is 37.2. The number of carbonyl (C=O) groups is 3. The number of ether oxygens (including phenoxy) is 1. The van der Waals surface area contributed by atoms with Crippen molar-refractivity contribution in [2.75, 3.05) is 0 Å². The summed E-state index contributed by atoms with van der Waals surface area (Å²) in [6.07, 6.45) is 0.694. The highest BCUT2D eigenvalue weighted by Gasteiger charge is 2.35. The zero-order valence-corrected chi connectivity index (χ0v) is 17.1. The van der Waals surface area contributed by atoms with Crippen LogP contribution in [-0.4, -0.2) is 27.1 Å². The number of carbonyl (C=O) groups excluding carboxylic acids is 3. The van der Waals surface area contributed by atoms with Gasteiger partial charge in [-0.2, -0.15) is 0 Å². The Morgan fingerprint density at radius 2 is 1.70 bits per heavy atom. The van der Waals surface area contributed by atoms with E-state index in [9.17, 15) is 14.4 Å². The Balaban J connectivity index is 1.66. The van der Waals surface area contributed by atoms with Crippen LogP contribution in [0.2, 0.25) is 0 Å². The predicted octanol–water partition coefficient (Wildman–Crippen LogP) is 4.54. The largest absolute Gasteiger partial charge is 0.457 e. The van der Waals surface area contributed by atoms with Gasteiger partial charge in [-0.1, -0.05) is 39.8 Å². The van der Waals surface area contributed by atoms with Crippen molar-refractivity contribution in [3.8, 4) is 11.5 Å². The summed E-state index contributed by atoms with van der Waals surface area (Å²) in [5.41, 5.74) is 0.827. The van der Waals surface area contributed by atoms with Gasteiger partial charge in [-0.25, -0.2) is 0 Å². The Bertz CT molecular complexity index is 851. The van der Waals surface area contributed by atoms with Crippen molar-refractivity contribution >= 4 is 44.6 Å². The van der Waals surface area contributed by atoms with E-state index in [1.807, 2.05) is 36.4 Å². The molecular weight excluding hydrogens is 430 g/mol. The molecule has 0 spiro atoms. The topological polar surface area (TPSA) is 63.7 Å². The Morgan fingerprint density at radius 3 is 2.30 bits per heavy atom. The highest BCUT2D eigenvalue weighted by molar-refractivity contribution is 9.10. The minimum absolute atomic E-state index is 0.114. The van der Waals surface area contributed by atoms with Gasteiger partial charge in [-0.3, -0.25) is 19.3 Å². The minimum atomic E-state index is -0.472. The van der Waals surface area contributed by atoms with Crippen LogP contribution in [0.5, 0.6) is 11.5 Å². The van der Waals surface area contributed by atoms with Crippen LogP contribution in [0.4, 0.5) is 0 Å². The Hall–Kier alpha value is -2.12. The van der Waals surface area contributed by atoms with Crippen LogP contribution in [0, 0.1) is 0 Å². The molecule has 0 N–H and O–H groups in total. The van der Waals surface area contributed by atoms with E-state index in [1.54, 1.807) is 12.1 Å². The van der Waals surface area contributed by atoms with Crippen molar-refractivity contribution in [1.29, 1.82) is 0 Å². The van der Waals surface area contributed by atoms with E-state index in [0.29, 0.717) is 12.2 Å². The number of thioether (sulfide) groups is 1. The maximum absolute atomic E-state index is 12.5. The number of imide groups is 1. The van der Waals surface area contributed by atoms with E-state index in [2.05, 4.69) is 15.9 Å². The van der Waals surface area contributed by atoms with Gasteiger partial charge in [0.05, 0.1) is 11.8 Å². The van der Waals surface area contributed by atoms with Crippen molar-refractivity contribution in [2.24, 2.45) is 0 Å². The highest BCUT2D eigenvalue weighted by Crippen LogP contribution is 2.27. The van der Waals surface area contributed by atoms with Gasteiger partial charge in [-0.15, -0.1) is 0 Å². The lowest BCUT2D eigenvalue weighted by Crippen LogP contribution is -2.46. The lowest BCUT2D eigenvalue weighted by molar-refractivity contribution is -0.148. The summed E-state index contributed by atoms with van der Waals surface area (Å²) >= 11 is 4.38. The number of rotatable bonds is 5. The lowest BCUT2D eigenvalue weighted by Gasteiger charge is -2.29. The molecule has 7 heteroatoms. The third-order valence-corrected chi connectivity index (χ3v) is 5.67. The molecule has 0 radical (unpaired) electrons. The van der Waals surface area contributed by atoms with Gasteiger partial charge in [0.2, 0.25) is 11.8 Å². The van der Waals surface area contributed by atoms with Gasteiger partial charge in [0, 0.05) is 17.8 Å². The van der Waals surface area contributed by atoms with Gasteiger partial charge in [0.25, 0.3) is 0 Å². The molecule has 1 saturated heterocycles. The molecule has 1 aliphatic rings. The fraction of sp³-hybridized carbons (Fsp3) is 0.250. The zero-order chi connectivity index (χ0) is 19.4. The molecule has 2 aromatic rings. The average molecular weight is 448 g/mol. The number of likely N-dealkylation sites (tertiary alicyclic amines) is 1. The Morgan fingerprint density at radius 1 is 1.11 bits per heavy atom. The van der Waals surface area contributed by atoms with E-state index >= 15 is 0 Å². The Labute approximate surface area is 170 Å². The predicted molar refractivity (Wildman–Crippen MR) is 108 cm³/mol. The molecule has 3 rings (SSSR count). The molecule has 0 aromatic heterocycles. The third-order valence-electron chi connectivity index (χ3n) is 4.08.